The number of hydrogen-bond acceptors (Lipinski definition) is 3. The summed E-state index contributed by atoms with van der Waals surface area (Å²) in [6.07, 6.45) is 2.17. The van der Waals surface area contributed by atoms with Crippen molar-refractivity contribution in [2.24, 2.45) is 0 Å². The summed E-state index contributed by atoms with van der Waals surface area (Å²) in [4.78, 5) is 2.50. The van der Waals surface area contributed by atoms with Gasteiger partial charge in [0.2, 0.25) is 10.0 Å². The molecule has 0 spiro atoms. The minimum Gasteiger partial charge on any atom is -0.302 e. The molecule has 1 fully saturated rings. The highest BCUT2D eigenvalue weighted by Crippen LogP contribution is 2.27. The molecule has 0 amide bonds. The van der Waals surface area contributed by atoms with Gasteiger partial charge in [0.25, 0.3) is 0 Å². The van der Waals surface area contributed by atoms with Crippen LogP contribution >= 0.6 is 27.5 Å². The summed E-state index contributed by atoms with van der Waals surface area (Å²) in [6, 6.07) is 5.49. The molecular weight excluding hydrogens is 376 g/mol. The minimum atomic E-state index is -3.51. The molecule has 1 aromatic rings. The van der Waals surface area contributed by atoms with Crippen LogP contribution in [0.1, 0.15) is 18.4 Å². The molecule has 0 N–H and O–H groups in total. The number of hydrogen-bond donors (Lipinski definition) is 0. The van der Waals surface area contributed by atoms with Gasteiger partial charge in [0, 0.05) is 30.0 Å². The van der Waals surface area contributed by atoms with E-state index in [1.54, 1.807) is 19.2 Å². The monoisotopic (exact) mass is 394 g/mol. The normalized spacial score (nSPS) is 20.3. The van der Waals surface area contributed by atoms with Crippen molar-refractivity contribution in [3.63, 3.8) is 0 Å². The summed E-state index contributed by atoms with van der Waals surface area (Å²) in [7, 11) is 0.172. The lowest BCUT2D eigenvalue weighted by atomic mass is 10.2. The zero-order valence-corrected chi connectivity index (χ0v) is 15.4. The van der Waals surface area contributed by atoms with Crippen molar-refractivity contribution in [1.29, 1.82) is 0 Å². The Morgan fingerprint density at radius 1 is 1.48 bits per heavy atom. The second-order valence-electron chi connectivity index (χ2n) is 5.46. The highest BCUT2D eigenvalue weighted by atomic mass is 79.9. The first-order chi connectivity index (χ1) is 9.86. The third kappa shape index (κ3) is 3.79. The Kier molecular flexibility index (Phi) is 5.71. The Morgan fingerprint density at radius 2 is 2.19 bits per heavy atom. The molecule has 1 heterocycles. The standard InChI is InChI=1S/C14H20BrClN2O2S/c1-17-7-3-4-12(17)10-18(2)21(19,20)14-8-11(9-16)5-6-13(14)15/h5-6,8,12H,3-4,7,9-10H2,1-2H3. The first-order valence-electron chi connectivity index (χ1n) is 6.87. The topological polar surface area (TPSA) is 40.6 Å². The van der Waals surface area contributed by atoms with E-state index in [0.29, 0.717) is 22.9 Å². The molecule has 7 heteroatoms. The van der Waals surface area contributed by atoms with Gasteiger partial charge in [-0.05, 0) is 60.1 Å². The molecule has 1 aliphatic rings. The summed E-state index contributed by atoms with van der Waals surface area (Å²) >= 11 is 9.14. The first kappa shape index (κ1) is 17.2. The molecule has 1 unspecified atom stereocenters. The van der Waals surface area contributed by atoms with Crippen LogP contribution in [0.15, 0.2) is 27.6 Å². The van der Waals surface area contributed by atoms with E-state index in [4.69, 9.17) is 11.6 Å². The van der Waals surface area contributed by atoms with E-state index in [1.807, 2.05) is 13.1 Å². The summed E-state index contributed by atoms with van der Waals surface area (Å²) in [5.41, 5.74) is 0.796. The molecule has 0 bridgehead atoms. The van der Waals surface area contributed by atoms with E-state index in [-0.39, 0.29) is 4.90 Å². The molecule has 0 radical (unpaired) electrons. The SMILES string of the molecule is CN1CCCC1CN(C)S(=O)(=O)c1cc(CCl)ccc1Br. The number of rotatable bonds is 5. The summed E-state index contributed by atoms with van der Waals surface area (Å²) in [6.45, 7) is 1.54. The third-order valence-corrected chi connectivity index (χ3v) is 7.10. The zero-order chi connectivity index (χ0) is 15.6. The maximum Gasteiger partial charge on any atom is 0.244 e. The van der Waals surface area contributed by atoms with E-state index >= 15 is 0 Å². The lowest BCUT2D eigenvalue weighted by molar-refractivity contribution is 0.271. The number of halogens is 2. The molecule has 1 aromatic carbocycles. The van der Waals surface area contributed by atoms with Gasteiger partial charge in [-0.1, -0.05) is 6.07 Å². The van der Waals surface area contributed by atoms with Crippen LogP contribution in [0.25, 0.3) is 0 Å². The van der Waals surface area contributed by atoms with Gasteiger partial charge >= 0.3 is 0 Å². The molecule has 1 saturated heterocycles. The number of likely N-dealkylation sites (tertiary alicyclic amines) is 1. The Labute approximate surface area is 140 Å². The first-order valence-corrected chi connectivity index (χ1v) is 9.64. The molecule has 1 atom stereocenters. The van der Waals surface area contributed by atoms with Crippen LogP contribution in [-0.2, 0) is 15.9 Å². The van der Waals surface area contributed by atoms with E-state index in [9.17, 15) is 8.42 Å². The Morgan fingerprint density at radius 3 is 2.76 bits per heavy atom. The number of sulfonamides is 1. The largest absolute Gasteiger partial charge is 0.302 e. The second-order valence-corrected chi connectivity index (χ2v) is 8.60. The highest BCUT2D eigenvalue weighted by Gasteiger charge is 2.29. The van der Waals surface area contributed by atoms with Crippen LogP contribution < -0.4 is 0 Å². The maximum atomic E-state index is 12.7. The maximum absolute atomic E-state index is 12.7. The Bertz CT molecular complexity index is 609. The zero-order valence-electron chi connectivity index (χ0n) is 12.2. The predicted molar refractivity (Wildman–Crippen MR) is 89.2 cm³/mol. The Balaban J connectivity index is 2.24. The van der Waals surface area contributed by atoms with Gasteiger partial charge in [0.1, 0.15) is 0 Å². The number of benzene rings is 1. The van der Waals surface area contributed by atoms with Gasteiger partial charge in [0.05, 0.1) is 4.90 Å². The van der Waals surface area contributed by atoms with Crippen molar-refractivity contribution in [2.45, 2.75) is 29.7 Å². The molecule has 1 aliphatic heterocycles. The van der Waals surface area contributed by atoms with Gasteiger partial charge in [-0.25, -0.2) is 8.42 Å². The van der Waals surface area contributed by atoms with Crippen LogP contribution in [-0.4, -0.2) is 50.8 Å². The van der Waals surface area contributed by atoms with Gasteiger partial charge in [-0.2, -0.15) is 4.31 Å². The summed E-state index contributed by atoms with van der Waals surface area (Å²) < 4.78 is 27.5. The van der Waals surface area contributed by atoms with Gasteiger partial charge < -0.3 is 4.90 Å². The van der Waals surface area contributed by atoms with Crippen LogP contribution in [0, 0.1) is 0 Å². The molecule has 2 rings (SSSR count). The second kappa shape index (κ2) is 6.96. The molecule has 118 valence electrons. The molecule has 4 nitrogen and oxygen atoms in total. The summed E-state index contributed by atoms with van der Waals surface area (Å²) in [5.74, 6) is 0.297. The third-order valence-electron chi connectivity index (χ3n) is 3.98. The fourth-order valence-corrected chi connectivity index (χ4v) is 4.95. The van der Waals surface area contributed by atoms with Crippen LogP contribution in [0.2, 0.25) is 0 Å². The van der Waals surface area contributed by atoms with Crippen molar-refractivity contribution in [1.82, 2.24) is 9.21 Å². The quantitative estimate of drug-likeness (QED) is 0.720. The molecule has 21 heavy (non-hydrogen) atoms. The van der Waals surface area contributed by atoms with E-state index in [2.05, 4.69) is 20.8 Å². The molecule has 0 aliphatic carbocycles. The lowest BCUT2D eigenvalue weighted by Crippen LogP contribution is -2.39. The lowest BCUT2D eigenvalue weighted by Gasteiger charge is -2.25. The highest BCUT2D eigenvalue weighted by molar-refractivity contribution is 9.10. The number of likely N-dealkylation sites (N-methyl/N-ethyl adjacent to an activating group) is 2. The smallest absolute Gasteiger partial charge is 0.244 e. The number of alkyl halides is 1. The van der Waals surface area contributed by atoms with Crippen molar-refractivity contribution >= 4 is 37.6 Å². The van der Waals surface area contributed by atoms with E-state index in [1.165, 1.54) is 4.31 Å². The Hall–Kier alpha value is -0.140. The van der Waals surface area contributed by atoms with E-state index < -0.39 is 10.0 Å². The number of nitrogens with zero attached hydrogens (tertiary/aromatic N) is 2. The fraction of sp³-hybridized carbons (Fsp3) is 0.571. The molecule has 0 aromatic heterocycles. The van der Waals surface area contributed by atoms with Crippen molar-refractivity contribution in [2.75, 3.05) is 27.2 Å². The van der Waals surface area contributed by atoms with Crippen molar-refractivity contribution in [3.05, 3.63) is 28.2 Å². The fourth-order valence-electron chi connectivity index (χ4n) is 2.60. The van der Waals surface area contributed by atoms with Crippen LogP contribution in [0.5, 0.6) is 0 Å². The molecule has 0 saturated carbocycles. The summed E-state index contributed by atoms with van der Waals surface area (Å²) in [5, 5.41) is 0. The van der Waals surface area contributed by atoms with Crippen molar-refractivity contribution < 1.29 is 8.42 Å². The average Bonchev–Trinajstić information content (AvgIpc) is 2.84. The van der Waals surface area contributed by atoms with Crippen LogP contribution in [0.3, 0.4) is 0 Å². The minimum absolute atomic E-state index is 0.281. The predicted octanol–water partition coefficient (Wildman–Crippen LogP) is 2.90. The van der Waals surface area contributed by atoms with Gasteiger partial charge in [0.15, 0.2) is 0 Å². The van der Waals surface area contributed by atoms with E-state index in [0.717, 1.165) is 24.9 Å². The average molecular weight is 396 g/mol. The van der Waals surface area contributed by atoms with Gasteiger partial charge in [-0.15, -0.1) is 11.6 Å². The molecular formula is C14H20BrClN2O2S. The van der Waals surface area contributed by atoms with Crippen LogP contribution in [0.4, 0.5) is 0 Å². The van der Waals surface area contributed by atoms with Crippen molar-refractivity contribution in [3.8, 4) is 0 Å². The van der Waals surface area contributed by atoms with Gasteiger partial charge in [-0.3, -0.25) is 0 Å².